The molecule has 6 heteroatoms. The molecule has 1 N–H and O–H groups in total. The van der Waals surface area contributed by atoms with Crippen molar-refractivity contribution in [3.8, 4) is 0 Å². The highest BCUT2D eigenvalue weighted by molar-refractivity contribution is 9.10. The van der Waals surface area contributed by atoms with Crippen molar-refractivity contribution >= 4 is 39.1 Å². The van der Waals surface area contributed by atoms with E-state index in [1.165, 1.54) is 17.0 Å². The summed E-state index contributed by atoms with van der Waals surface area (Å²) in [6, 6.07) is 10.1. The molecule has 2 aromatic carbocycles. The smallest absolute Gasteiger partial charge is 0.244 e. The molecule has 130 valence electrons. The van der Waals surface area contributed by atoms with Gasteiger partial charge in [0.05, 0.1) is 11.1 Å². The molecule has 25 heavy (non-hydrogen) atoms. The fourth-order valence-corrected chi connectivity index (χ4v) is 3.36. The Morgan fingerprint density at radius 1 is 1.24 bits per heavy atom. The SMILES string of the molecule is Cc1ccc2c(c1)C(C)(C)C(=O)N2CC(=O)Nc1ccc(Br)cc1F. The number of fused-ring (bicyclic) bond motifs is 1. The quantitative estimate of drug-likeness (QED) is 0.834. The van der Waals surface area contributed by atoms with Crippen molar-refractivity contribution in [2.24, 2.45) is 0 Å². The van der Waals surface area contributed by atoms with E-state index in [0.717, 1.165) is 16.8 Å². The van der Waals surface area contributed by atoms with Crippen molar-refractivity contribution in [1.29, 1.82) is 0 Å². The van der Waals surface area contributed by atoms with Crippen LogP contribution in [0.1, 0.15) is 25.0 Å². The molecule has 2 aromatic rings. The zero-order valence-corrected chi connectivity index (χ0v) is 15.8. The number of rotatable bonds is 3. The van der Waals surface area contributed by atoms with Gasteiger partial charge in [-0.15, -0.1) is 0 Å². The van der Waals surface area contributed by atoms with Gasteiger partial charge in [0.25, 0.3) is 0 Å². The third kappa shape index (κ3) is 3.18. The average Bonchev–Trinajstić information content (AvgIpc) is 2.71. The molecular formula is C19H18BrFN2O2. The van der Waals surface area contributed by atoms with E-state index >= 15 is 0 Å². The number of aryl methyl sites for hydroxylation is 1. The van der Waals surface area contributed by atoms with E-state index in [2.05, 4.69) is 21.2 Å². The van der Waals surface area contributed by atoms with Gasteiger partial charge in [-0.3, -0.25) is 9.59 Å². The van der Waals surface area contributed by atoms with Gasteiger partial charge in [0.1, 0.15) is 12.4 Å². The Morgan fingerprint density at radius 2 is 1.96 bits per heavy atom. The Bertz CT molecular complexity index is 880. The fourth-order valence-electron chi connectivity index (χ4n) is 3.03. The largest absolute Gasteiger partial charge is 0.322 e. The van der Waals surface area contributed by atoms with Gasteiger partial charge < -0.3 is 10.2 Å². The van der Waals surface area contributed by atoms with Gasteiger partial charge in [0.15, 0.2) is 0 Å². The minimum absolute atomic E-state index is 0.0863. The molecule has 0 aromatic heterocycles. The first-order valence-corrected chi connectivity index (χ1v) is 8.67. The van der Waals surface area contributed by atoms with Crippen LogP contribution in [0.3, 0.4) is 0 Å². The molecular weight excluding hydrogens is 387 g/mol. The zero-order valence-electron chi connectivity index (χ0n) is 14.2. The van der Waals surface area contributed by atoms with Crippen LogP contribution in [0.15, 0.2) is 40.9 Å². The lowest BCUT2D eigenvalue weighted by Gasteiger charge is -2.20. The second-order valence-electron chi connectivity index (χ2n) is 6.71. The lowest BCUT2D eigenvalue weighted by atomic mass is 9.85. The number of nitrogens with zero attached hydrogens (tertiary/aromatic N) is 1. The second-order valence-corrected chi connectivity index (χ2v) is 7.62. The van der Waals surface area contributed by atoms with E-state index in [1.807, 2.05) is 39.0 Å². The molecule has 0 fully saturated rings. The number of nitrogens with one attached hydrogen (secondary N) is 1. The first-order valence-electron chi connectivity index (χ1n) is 7.88. The highest BCUT2D eigenvalue weighted by atomic mass is 79.9. The normalized spacial score (nSPS) is 15.2. The van der Waals surface area contributed by atoms with E-state index in [1.54, 1.807) is 6.07 Å². The van der Waals surface area contributed by atoms with Crippen molar-refractivity contribution < 1.29 is 14.0 Å². The van der Waals surface area contributed by atoms with Gasteiger partial charge in [-0.25, -0.2) is 4.39 Å². The summed E-state index contributed by atoms with van der Waals surface area (Å²) >= 11 is 3.17. The van der Waals surface area contributed by atoms with Crippen LogP contribution in [0.4, 0.5) is 15.8 Å². The van der Waals surface area contributed by atoms with Gasteiger partial charge in [0.2, 0.25) is 11.8 Å². The summed E-state index contributed by atoms with van der Waals surface area (Å²) < 4.78 is 14.5. The molecule has 0 radical (unpaired) electrons. The van der Waals surface area contributed by atoms with Gasteiger partial charge in [-0.2, -0.15) is 0 Å². The summed E-state index contributed by atoms with van der Waals surface area (Å²) in [6.45, 7) is 5.50. The number of benzene rings is 2. The highest BCUT2D eigenvalue weighted by Crippen LogP contribution is 2.41. The maximum atomic E-state index is 13.9. The number of hydrogen-bond acceptors (Lipinski definition) is 2. The summed E-state index contributed by atoms with van der Waals surface area (Å²) in [6.07, 6.45) is 0. The van der Waals surface area contributed by atoms with Crippen molar-refractivity contribution in [1.82, 2.24) is 0 Å². The zero-order chi connectivity index (χ0) is 18.4. The van der Waals surface area contributed by atoms with Crippen LogP contribution >= 0.6 is 15.9 Å². The molecule has 1 aliphatic heterocycles. The Labute approximate surface area is 154 Å². The minimum Gasteiger partial charge on any atom is -0.322 e. The fraction of sp³-hybridized carbons (Fsp3) is 0.263. The molecule has 0 spiro atoms. The maximum absolute atomic E-state index is 13.9. The number of hydrogen-bond donors (Lipinski definition) is 1. The molecule has 1 heterocycles. The second kappa shape index (κ2) is 6.26. The van der Waals surface area contributed by atoms with Gasteiger partial charge >= 0.3 is 0 Å². The summed E-state index contributed by atoms with van der Waals surface area (Å²) in [5, 5.41) is 2.53. The van der Waals surface area contributed by atoms with Crippen LogP contribution in [0.2, 0.25) is 0 Å². The average molecular weight is 405 g/mol. The molecule has 2 amide bonds. The van der Waals surface area contributed by atoms with Crippen LogP contribution < -0.4 is 10.2 Å². The molecule has 0 atom stereocenters. The summed E-state index contributed by atoms with van der Waals surface area (Å²) in [4.78, 5) is 26.6. The molecule has 3 rings (SSSR count). The van der Waals surface area contributed by atoms with Crippen molar-refractivity contribution in [3.63, 3.8) is 0 Å². The topological polar surface area (TPSA) is 49.4 Å². The summed E-state index contributed by atoms with van der Waals surface area (Å²) in [5.74, 6) is -1.12. The predicted octanol–water partition coefficient (Wildman–Crippen LogP) is 4.16. The van der Waals surface area contributed by atoms with E-state index < -0.39 is 17.1 Å². The van der Waals surface area contributed by atoms with Gasteiger partial charge in [-0.05, 0) is 50.6 Å². The third-order valence-corrected chi connectivity index (χ3v) is 4.90. The number of halogens is 2. The molecule has 4 nitrogen and oxygen atoms in total. The first-order chi connectivity index (χ1) is 11.7. The lowest BCUT2D eigenvalue weighted by molar-refractivity contribution is -0.124. The summed E-state index contributed by atoms with van der Waals surface area (Å²) in [5.41, 5.74) is 2.09. The van der Waals surface area contributed by atoms with Crippen LogP contribution in [-0.4, -0.2) is 18.4 Å². The standard InChI is InChI=1S/C19H18BrFN2O2/c1-11-4-7-16-13(8-11)19(2,3)18(25)23(16)10-17(24)22-15-6-5-12(20)9-14(15)21/h4-9H,10H2,1-3H3,(H,22,24). The molecule has 0 saturated heterocycles. The van der Waals surface area contributed by atoms with Crippen LogP contribution in [-0.2, 0) is 15.0 Å². The van der Waals surface area contributed by atoms with E-state index in [9.17, 15) is 14.0 Å². The Kier molecular flexibility index (Phi) is 4.41. The van der Waals surface area contributed by atoms with Gasteiger partial charge in [-0.1, -0.05) is 33.6 Å². The molecule has 0 saturated carbocycles. The monoisotopic (exact) mass is 404 g/mol. The number of amides is 2. The molecule has 0 aliphatic carbocycles. The lowest BCUT2D eigenvalue weighted by Crippen LogP contribution is -2.40. The third-order valence-electron chi connectivity index (χ3n) is 4.40. The molecule has 1 aliphatic rings. The Balaban J connectivity index is 1.83. The summed E-state index contributed by atoms with van der Waals surface area (Å²) in [7, 11) is 0. The number of anilines is 2. The van der Waals surface area contributed by atoms with Crippen LogP contribution in [0.25, 0.3) is 0 Å². The highest BCUT2D eigenvalue weighted by Gasteiger charge is 2.44. The predicted molar refractivity (Wildman–Crippen MR) is 99.3 cm³/mol. The Morgan fingerprint density at radius 3 is 2.64 bits per heavy atom. The van der Waals surface area contributed by atoms with Crippen LogP contribution in [0, 0.1) is 12.7 Å². The minimum atomic E-state index is -0.690. The molecule has 0 bridgehead atoms. The maximum Gasteiger partial charge on any atom is 0.244 e. The van der Waals surface area contributed by atoms with Gasteiger partial charge in [0, 0.05) is 10.2 Å². The van der Waals surface area contributed by atoms with Crippen LogP contribution in [0.5, 0.6) is 0 Å². The van der Waals surface area contributed by atoms with Crippen molar-refractivity contribution in [2.75, 3.05) is 16.8 Å². The van der Waals surface area contributed by atoms with E-state index in [0.29, 0.717) is 4.47 Å². The Hall–Kier alpha value is -2.21. The number of carbonyl (C=O) groups excluding carboxylic acids is 2. The molecule has 0 unspecified atom stereocenters. The van der Waals surface area contributed by atoms with E-state index in [-0.39, 0.29) is 18.1 Å². The van der Waals surface area contributed by atoms with Crippen molar-refractivity contribution in [2.45, 2.75) is 26.2 Å². The first kappa shape index (κ1) is 17.6. The van der Waals surface area contributed by atoms with Crippen molar-refractivity contribution in [3.05, 3.63) is 57.8 Å². The number of carbonyl (C=O) groups is 2. The van der Waals surface area contributed by atoms with E-state index in [4.69, 9.17) is 0 Å².